The maximum Gasteiger partial charge on any atom is 0.169 e. The highest BCUT2D eigenvalue weighted by molar-refractivity contribution is 5.65. The molecular formula is C11H12N4O3. The molecule has 4 N–H and O–H groups in total. The highest BCUT2D eigenvalue weighted by Crippen LogP contribution is 2.35. The zero-order chi connectivity index (χ0) is 12.9. The highest BCUT2D eigenvalue weighted by atomic mass is 16.5. The van der Waals surface area contributed by atoms with Crippen LogP contribution >= 0.6 is 0 Å². The first kappa shape index (κ1) is 11.0. The predicted molar refractivity (Wildman–Crippen MR) is 62.4 cm³/mol. The van der Waals surface area contributed by atoms with E-state index in [-0.39, 0.29) is 5.76 Å². The summed E-state index contributed by atoms with van der Waals surface area (Å²) in [4.78, 5) is 3.87. The van der Waals surface area contributed by atoms with Gasteiger partial charge in [-0.1, -0.05) is 6.58 Å². The lowest BCUT2D eigenvalue weighted by atomic mass is 10.1. The lowest BCUT2D eigenvalue weighted by molar-refractivity contribution is 0.0205. The summed E-state index contributed by atoms with van der Waals surface area (Å²) in [6.45, 7) is 3.54. The van der Waals surface area contributed by atoms with Crippen LogP contribution in [0.5, 0.6) is 0 Å². The maximum atomic E-state index is 9.90. The van der Waals surface area contributed by atoms with Gasteiger partial charge in [0.1, 0.15) is 29.8 Å². The SMILES string of the molecule is C=C1O[C@@H](c2ccc3c(N)ncnn23)[C@H](O)[C@@H]1O. The van der Waals surface area contributed by atoms with Crippen LogP contribution in [0.25, 0.3) is 5.52 Å². The number of ether oxygens (including phenoxy) is 1. The number of aliphatic hydroxyl groups excluding tert-OH is 2. The molecule has 0 unspecified atom stereocenters. The van der Waals surface area contributed by atoms with Crippen molar-refractivity contribution in [3.63, 3.8) is 0 Å². The summed E-state index contributed by atoms with van der Waals surface area (Å²) in [7, 11) is 0. The smallest absolute Gasteiger partial charge is 0.169 e. The molecule has 0 aliphatic carbocycles. The predicted octanol–water partition coefficient (Wildman–Crippen LogP) is -0.382. The van der Waals surface area contributed by atoms with E-state index < -0.39 is 18.3 Å². The monoisotopic (exact) mass is 248 g/mol. The van der Waals surface area contributed by atoms with Gasteiger partial charge in [0.15, 0.2) is 11.9 Å². The quantitative estimate of drug-likeness (QED) is 0.635. The molecular weight excluding hydrogens is 236 g/mol. The molecule has 0 amide bonds. The van der Waals surface area contributed by atoms with Gasteiger partial charge >= 0.3 is 0 Å². The summed E-state index contributed by atoms with van der Waals surface area (Å²) in [5.41, 5.74) is 6.92. The molecule has 3 rings (SSSR count). The van der Waals surface area contributed by atoms with Gasteiger partial charge in [0.05, 0.1) is 5.69 Å². The van der Waals surface area contributed by atoms with Gasteiger partial charge in [-0.25, -0.2) is 9.50 Å². The van der Waals surface area contributed by atoms with Gasteiger partial charge in [-0.2, -0.15) is 5.10 Å². The molecule has 2 aromatic heterocycles. The molecule has 1 aliphatic rings. The number of aromatic nitrogens is 3. The van der Waals surface area contributed by atoms with Crippen LogP contribution in [-0.4, -0.2) is 37.0 Å². The van der Waals surface area contributed by atoms with Crippen molar-refractivity contribution < 1.29 is 14.9 Å². The van der Waals surface area contributed by atoms with Crippen molar-refractivity contribution in [2.75, 3.05) is 5.73 Å². The summed E-state index contributed by atoms with van der Waals surface area (Å²) >= 11 is 0. The topological polar surface area (TPSA) is 106 Å². The van der Waals surface area contributed by atoms with Crippen molar-refractivity contribution >= 4 is 11.3 Å². The molecule has 2 aromatic rings. The van der Waals surface area contributed by atoms with E-state index in [1.807, 2.05) is 0 Å². The molecule has 3 atom stereocenters. The van der Waals surface area contributed by atoms with Crippen molar-refractivity contribution in [2.45, 2.75) is 18.3 Å². The fourth-order valence-electron chi connectivity index (χ4n) is 2.08. The average Bonchev–Trinajstić information content (AvgIpc) is 2.88. The minimum atomic E-state index is -1.10. The first-order valence-electron chi connectivity index (χ1n) is 5.39. The molecule has 0 saturated carbocycles. The normalized spacial score (nSPS) is 27.7. The van der Waals surface area contributed by atoms with Crippen molar-refractivity contribution in [2.24, 2.45) is 0 Å². The van der Waals surface area contributed by atoms with Crippen molar-refractivity contribution in [3.8, 4) is 0 Å². The molecule has 0 spiro atoms. The minimum absolute atomic E-state index is 0.143. The number of anilines is 1. The summed E-state index contributed by atoms with van der Waals surface area (Å²) in [6.07, 6.45) is -1.57. The number of hydrogen-bond acceptors (Lipinski definition) is 6. The number of nitrogens with zero attached hydrogens (tertiary/aromatic N) is 3. The van der Waals surface area contributed by atoms with Crippen molar-refractivity contribution in [1.82, 2.24) is 14.6 Å². The third-order valence-electron chi connectivity index (χ3n) is 3.04. The second-order valence-corrected chi connectivity index (χ2v) is 4.14. The minimum Gasteiger partial charge on any atom is -0.483 e. The van der Waals surface area contributed by atoms with Crippen LogP contribution in [0.2, 0.25) is 0 Å². The van der Waals surface area contributed by atoms with E-state index in [1.165, 1.54) is 10.8 Å². The summed E-state index contributed by atoms with van der Waals surface area (Å²) < 4.78 is 6.89. The third kappa shape index (κ3) is 1.38. The van der Waals surface area contributed by atoms with Crippen LogP contribution in [0.4, 0.5) is 5.82 Å². The Morgan fingerprint density at radius 3 is 2.83 bits per heavy atom. The molecule has 94 valence electrons. The number of fused-ring (bicyclic) bond motifs is 1. The molecule has 0 bridgehead atoms. The highest BCUT2D eigenvalue weighted by Gasteiger charge is 2.41. The van der Waals surface area contributed by atoms with E-state index >= 15 is 0 Å². The molecule has 1 saturated heterocycles. The van der Waals surface area contributed by atoms with Crippen LogP contribution in [0.3, 0.4) is 0 Å². The van der Waals surface area contributed by atoms with Gasteiger partial charge in [0, 0.05) is 0 Å². The van der Waals surface area contributed by atoms with Crippen LogP contribution in [0.1, 0.15) is 11.8 Å². The van der Waals surface area contributed by atoms with Crippen LogP contribution in [-0.2, 0) is 4.74 Å². The zero-order valence-corrected chi connectivity index (χ0v) is 9.39. The summed E-state index contributed by atoms with van der Waals surface area (Å²) in [6, 6.07) is 3.45. The number of nitrogen functional groups attached to an aromatic ring is 1. The molecule has 18 heavy (non-hydrogen) atoms. The second kappa shape index (κ2) is 3.69. The Hall–Kier alpha value is -2.12. The van der Waals surface area contributed by atoms with Gasteiger partial charge < -0.3 is 20.7 Å². The Balaban J connectivity index is 2.11. The largest absolute Gasteiger partial charge is 0.483 e. The number of hydrogen-bond donors (Lipinski definition) is 3. The Kier molecular flexibility index (Phi) is 2.25. The molecule has 3 heterocycles. The molecule has 7 heteroatoms. The molecule has 1 aliphatic heterocycles. The summed E-state index contributed by atoms with van der Waals surface area (Å²) in [5, 5.41) is 23.6. The Morgan fingerprint density at radius 2 is 2.17 bits per heavy atom. The molecule has 1 fully saturated rings. The zero-order valence-electron chi connectivity index (χ0n) is 9.39. The van der Waals surface area contributed by atoms with E-state index in [2.05, 4.69) is 16.7 Å². The van der Waals surface area contributed by atoms with Crippen LogP contribution in [0, 0.1) is 0 Å². The van der Waals surface area contributed by atoms with E-state index in [9.17, 15) is 10.2 Å². The van der Waals surface area contributed by atoms with E-state index in [0.29, 0.717) is 17.0 Å². The molecule has 7 nitrogen and oxygen atoms in total. The first-order chi connectivity index (χ1) is 8.59. The Bertz CT molecular complexity index is 624. The van der Waals surface area contributed by atoms with Crippen LogP contribution in [0.15, 0.2) is 30.8 Å². The van der Waals surface area contributed by atoms with E-state index in [1.54, 1.807) is 12.1 Å². The van der Waals surface area contributed by atoms with E-state index in [0.717, 1.165) is 0 Å². The Labute approximate surface area is 102 Å². The standard InChI is InChI=1S/C11H12N4O3/c1-5-8(16)9(17)10(18-5)6-2-3-7-11(12)13-4-14-15(6)7/h2-4,8-10,16-17H,1H2,(H2,12,13,14)/t8-,9-,10+/m1/s1. The van der Waals surface area contributed by atoms with Gasteiger partial charge in [-0.15, -0.1) is 0 Å². The molecule has 0 aromatic carbocycles. The van der Waals surface area contributed by atoms with Crippen molar-refractivity contribution in [1.29, 1.82) is 0 Å². The van der Waals surface area contributed by atoms with Crippen LogP contribution < -0.4 is 5.73 Å². The van der Waals surface area contributed by atoms with Gasteiger partial charge in [-0.3, -0.25) is 0 Å². The number of aliphatic hydroxyl groups is 2. The fraction of sp³-hybridized carbons (Fsp3) is 0.273. The van der Waals surface area contributed by atoms with E-state index in [4.69, 9.17) is 10.5 Å². The average molecular weight is 248 g/mol. The van der Waals surface area contributed by atoms with Gasteiger partial charge in [0.25, 0.3) is 0 Å². The lowest BCUT2D eigenvalue weighted by Gasteiger charge is -2.13. The third-order valence-corrected chi connectivity index (χ3v) is 3.04. The number of nitrogens with two attached hydrogens (primary N) is 1. The first-order valence-corrected chi connectivity index (χ1v) is 5.39. The van der Waals surface area contributed by atoms with Crippen molar-refractivity contribution in [3.05, 3.63) is 36.5 Å². The Morgan fingerprint density at radius 1 is 1.39 bits per heavy atom. The maximum absolute atomic E-state index is 9.90. The fourth-order valence-corrected chi connectivity index (χ4v) is 2.08. The lowest BCUT2D eigenvalue weighted by Crippen LogP contribution is -2.25. The van der Waals surface area contributed by atoms with Gasteiger partial charge in [0.2, 0.25) is 0 Å². The molecule has 0 radical (unpaired) electrons. The summed E-state index contributed by atoms with van der Waals surface area (Å²) in [5.74, 6) is 0.479. The second-order valence-electron chi connectivity index (χ2n) is 4.14. The van der Waals surface area contributed by atoms with Gasteiger partial charge in [-0.05, 0) is 12.1 Å². The number of rotatable bonds is 1.